The van der Waals surface area contributed by atoms with Gasteiger partial charge in [-0.15, -0.1) is 12.4 Å². The Morgan fingerprint density at radius 1 is 1.57 bits per heavy atom. The fraction of sp³-hybridized carbons (Fsp3) is 0.714. The molecule has 1 amide bonds. The summed E-state index contributed by atoms with van der Waals surface area (Å²) in [4.78, 5) is 12.1. The van der Waals surface area contributed by atoms with Crippen molar-refractivity contribution in [3.05, 3.63) is 18.0 Å². The van der Waals surface area contributed by atoms with Crippen LogP contribution >= 0.6 is 12.4 Å². The quantitative estimate of drug-likeness (QED) is 0.835. The highest BCUT2D eigenvalue weighted by atomic mass is 35.5. The van der Waals surface area contributed by atoms with Gasteiger partial charge in [0.25, 0.3) is 0 Å². The minimum absolute atomic E-state index is 0. The second-order valence-electron chi connectivity index (χ2n) is 5.51. The minimum atomic E-state index is -0.0391. The molecule has 0 unspecified atom stereocenters. The number of methoxy groups -OCH3 is 1. The van der Waals surface area contributed by atoms with Crippen LogP contribution in [0.1, 0.15) is 24.8 Å². The summed E-state index contributed by atoms with van der Waals surface area (Å²) in [6, 6.07) is -0.0391. The zero-order valence-corrected chi connectivity index (χ0v) is 13.4. The molecule has 0 saturated heterocycles. The first-order valence-corrected chi connectivity index (χ1v) is 7.13. The van der Waals surface area contributed by atoms with Crippen molar-refractivity contribution in [3.8, 4) is 0 Å². The van der Waals surface area contributed by atoms with E-state index in [1.807, 2.05) is 19.4 Å². The summed E-state index contributed by atoms with van der Waals surface area (Å²) in [5.74, 6) is 0.129. The third kappa shape index (κ3) is 4.98. The summed E-state index contributed by atoms with van der Waals surface area (Å²) in [5, 5.41) is 7.10. The summed E-state index contributed by atoms with van der Waals surface area (Å²) < 4.78 is 7.07. The highest BCUT2D eigenvalue weighted by Gasteiger charge is 2.31. The maximum atomic E-state index is 12.1. The number of nitrogens with one attached hydrogen (secondary N) is 1. The Labute approximate surface area is 131 Å². The van der Waals surface area contributed by atoms with Crippen LogP contribution in [0.2, 0.25) is 0 Å². The van der Waals surface area contributed by atoms with Crippen LogP contribution in [0.25, 0.3) is 0 Å². The van der Waals surface area contributed by atoms with Crippen LogP contribution in [-0.2, 0) is 23.0 Å². The predicted molar refractivity (Wildman–Crippen MR) is 83.3 cm³/mol. The monoisotopic (exact) mass is 316 g/mol. The van der Waals surface area contributed by atoms with Crippen molar-refractivity contribution in [1.82, 2.24) is 15.1 Å². The average Bonchev–Trinajstić information content (AvgIpc) is 2.84. The molecule has 21 heavy (non-hydrogen) atoms. The predicted octanol–water partition coefficient (Wildman–Crippen LogP) is 0.643. The van der Waals surface area contributed by atoms with E-state index < -0.39 is 0 Å². The van der Waals surface area contributed by atoms with Crippen LogP contribution in [0.4, 0.5) is 0 Å². The second kappa shape index (κ2) is 8.36. The summed E-state index contributed by atoms with van der Waals surface area (Å²) in [5.41, 5.74) is 7.16. The zero-order chi connectivity index (χ0) is 14.5. The van der Waals surface area contributed by atoms with E-state index in [9.17, 15) is 4.79 Å². The summed E-state index contributed by atoms with van der Waals surface area (Å²) in [6.45, 7) is 0.643. The Bertz CT molecular complexity index is 452. The number of aromatic nitrogens is 2. The number of halogens is 1. The molecule has 1 fully saturated rings. The standard InChI is InChI=1S/C14H24N4O2.ClH/c1-18-9-10(8-17-18)5-6-16-14(19)11-3-4-13(20-2)12(15)7-11;/h8-9,11-13H,3-7,15H2,1-2H3,(H,16,19);1H/t11-,12+,13+;/m0./s1. The number of carbonyl (C=O) groups is 1. The molecule has 0 radical (unpaired) electrons. The molecule has 3 atom stereocenters. The van der Waals surface area contributed by atoms with Gasteiger partial charge in [0.1, 0.15) is 0 Å². The Morgan fingerprint density at radius 2 is 2.33 bits per heavy atom. The van der Waals surface area contributed by atoms with Crippen molar-refractivity contribution in [2.45, 2.75) is 37.8 Å². The molecule has 1 aromatic heterocycles. The maximum absolute atomic E-state index is 12.1. The topological polar surface area (TPSA) is 82.2 Å². The van der Waals surface area contributed by atoms with E-state index >= 15 is 0 Å². The Hall–Kier alpha value is -1.11. The first-order chi connectivity index (χ1) is 9.60. The fourth-order valence-corrected chi connectivity index (χ4v) is 2.78. The lowest BCUT2D eigenvalue weighted by Gasteiger charge is -2.32. The molecular formula is C14H25ClN4O2. The first kappa shape index (κ1) is 17.9. The lowest BCUT2D eigenvalue weighted by molar-refractivity contribution is -0.127. The molecular weight excluding hydrogens is 292 g/mol. The minimum Gasteiger partial charge on any atom is -0.380 e. The first-order valence-electron chi connectivity index (χ1n) is 7.13. The molecule has 120 valence electrons. The number of amides is 1. The molecule has 0 aliphatic heterocycles. The number of hydrogen-bond acceptors (Lipinski definition) is 4. The largest absolute Gasteiger partial charge is 0.380 e. The van der Waals surface area contributed by atoms with E-state index in [0.29, 0.717) is 13.0 Å². The van der Waals surface area contributed by atoms with Crippen molar-refractivity contribution < 1.29 is 9.53 Å². The van der Waals surface area contributed by atoms with Crippen molar-refractivity contribution in [1.29, 1.82) is 0 Å². The molecule has 3 N–H and O–H groups in total. The Morgan fingerprint density at radius 3 is 2.90 bits per heavy atom. The van der Waals surface area contributed by atoms with Crippen molar-refractivity contribution in [2.75, 3.05) is 13.7 Å². The van der Waals surface area contributed by atoms with Gasteiger partial charge in [-0.1, -0.05) is 0 Å². The summed E-state index contributed by atoms with van der Waals surface area (Å²) in [7, 11) is 3.57. The van der Waals surface area contributed by atoms with Crippen LogP contribution in [0.5, 0.6) is 0 Å². The highest BCUT2D eigenvalue weighted by Crippen LogP contribution is 2.25. The van der Waals surface area contributed by atoms with Crippen molar-refractivity contribution in [3.63, 3.8) is 0 Å². The van der Waals surface area contributed by atoms with Gasteiger partial charge in [-0.05, 0) is 31.2 Å². The molecule has 6 nitrogen and oxygen atoms in total. The van der Waals surface area contributed by atoms with Crippen LogP contribution in [0, 0.1) is 5.92 Å². The Kier molecular flexibility index (Phi) is 7.14. The molecule has 1 aliphatic rings. The van der Waals surface area contributed by atoms with Gasteiger partial charge in [-0.3, -0.25) is 9.48 Å². The van der Waals surface area contributed by atoms with Crippen LogP contribution < -0.4 is 11.1 Å². The van der Waals surface area contributed by atoms with E-state index in [2.05, 4.69) is 10.4 Å². The molecule has 1 saturated carbocycles. The molecule has 0 spiro atoms. The summed E-state index contributed by atoms with van der Waals surface area (Å²) in [6.07, 6.45) is 7.10. The van der Waals surface area contributed by atoms with Gasteiger partial charge in [-0.25, -0.2) is 0 Å². The molecule has 1 heterocycles. The zero-order valence-electron chi connectivity index (χ0n) is 12.6. The van der Waals surface area contributed by atoms with Gasteiger partial charge in [0, 0.05) is 38.9 Å². The number of nitrogens with two attached hydrogens (primary N) is 1. The van der Waals surface area contributed by atoms with Crippen LogP contribution in [-0.4, -0.2) is 41.5 Å². The average molecular weight is 317 g/mol. The maximum Gasteiger partial charge on any atom is 0.223 e. The van der Waals surface area contributed by atoms with E-state index in [1.165, 1.54) is 0 Å². The lowest BCUT2D eigenvalue weighted by Crippen LogP contribution is -2.45. The van der Waals surface area contributed by atoms with E-state index in [0.717, 1.165) is 24.8 Å². The molecule has 0 bridgehead atoms. The van der Waals surface area contributed by atoms with E-state index in [1.54, 1.807) is 11.8 Å². The Balaban J connectivity index is 0.00000220. The SMILES string of the molecule is CO[C@@H]1CC[C@H](C(=O)NCCc2cnn(C)c2)C[C@H]1N.Cl. The molecule has 7 heteroatoms. The van der Waals surface area contributed by atoms with Crippen molar-refractivity contribution in [2.24, 2.45) is 18.7 Å². The highest BCUT2D eigenvalue weighted by molar-refractivity contribution is 5.85. The summed E-state index contributed by atoms with van der Waals surface area (Å²) >= 11 is 0. The molecule has 2 rings (SSSR count). The van der Waals surface area contributed by atoms with Crippen LogP contribution in [0.15, 0.2) is 12.4 Å². The van der Waals surface area contributed by atoms with Gasteiger partial charge in [0.15, 0.2) is 0 Å². The van der Waals surface area contributed by atoms with Crippen molar-refractivity contribution >= 4 is 18.3 Å². The molecule has 1 aliphatic carbocycles. The number of aryl methyl sites for hydroxylation is 1. The van der Waals surface area contributed by atoms with Gasteiger partial charge < -0.3 is 15.8 Å². The van der Waals surface area contributed by atoms with Gasteiger partial charge in [0.05, 0.1) is 12.3 Å². The lowest BCUT2D eigenvalue weighted by atomic mass is 9.83. The van der Waals surface area contributed by atoms with Gasteiger partial charge in [-0.2, -0.15) is 5.10 Å². The van der Waals surface area contributed by atoms with E-state index in [-0.39, 0.29) is 36.4 Å². The molecule has 1 aromatic rings. The normalized spacial score (nSPS) is 25.2. The smallest absolute Gasteiger partial charge is 0.223 e. The van der Waals surface area contributed by atoms with Crippen LogP contribution in [0.3, 0.4) is 0 Å². The second-order valence-corrected chi connectivity index (χ2v) is 5.51. The number of hydrogen-bond donors (Lipinski definition) is 2. The third-order valence-electron chi connectivity index (χ3n) is 3.98. The number of nitrogens with zero attached hydrogens (tertiary/aromatic N) is 2. The number of rotatable bonds is 5. The fourth-order valence-electron chi connectivity index (χ4n) is 2.78. The number of ether oxygens (including phenoxy) is 1. The van der Waals surface area contributed by atoms with Gasteiger partial charge >= 0.3 is 0 Å². The van der Waals surface area contributed by atoms with Gasteiger partial charge in [0.2, 0.25) is 5.91 Å². The third-order valence-corrected chi connectivity index (χ3v) is 3.98. The molecule has 0 aromatic carbocycles. The number of carbonyl (C=O) groups excluding carboxylic acids is 1. The van der Waals surface area contributed by atoms with E-state index in [4.69, 9.17) is 10.5 Å².